The number of halogens is 1. The molecule has 0 bridgehead atoms. The molecule has 3 aromatic rings. The first kappa shape index (κ1) is 21.0. The molecule has 1 aromatic heterocycles. The highest BCUT2D eigenvalue weighted by Gasteiger charge is 2.22. The summed E-state index contributed by atoms with van der Waals surface area (Å²) in [5.41, 5.74) is 2.02. The predicted molar refractivity (Wildman–Crippen MR) is 111 cm³/mol. The molecule has 1 atom stereocenters. The number of benzene rings is 2. The van der Waals surface area contributed by atoms with Gasteiger partial charge >= 0.3 is 11.8 Å². The van der Waals surface area contributed by atoms with Crippen molar-refractivity contribution in [3.05, 3.63) is 65.2 Å². The van der Waals surface area contributed by atoms with Gasteiger partial charge in [0.05, 0.1) is 6.04 Å². The number of amides is 3. The van der Waals surface area contributed by atoms with E-state index in [2.05, 4.69) is 16.0 Å². The third kappa shape index (κ3) is 4.48. The van der Waals surface area contributed by atoms with Gasteiger partial charge in [0.2, 0.25) is 0 Å². The zero-order valence-electron chi connectivity index (χ0n) is 16.8. The number of fused-ring (bicyclic) bond motifs is 1. The molecule has 0 aliphatic carbocycles. The Kier molecular flexibility index (Phi) is 6.15. The van der Waals surface area contributed by atoms with E-state index in [1.807, 2.05) is 6.92 Å². The van der Waals surface area contributed by atoms with E-state index in [1.54, 1.807) is 26.0 Å². The van der Waals surface area contributed by atoms with Crippen LogP contribution in [-0.4, -0.2) is 24.3 Å². The Balaban J connectivity index is 1.65. The van der Waals surface area contributed by atoms with Crippen molar-refractivity contribution in [1.82, 2.24) is 10.6 Å². The quantitative estimate of drug-likeness (QED) is 0.560. The van der Waals surface area contributed by atoms with E-state index in [9.17, 15) is 18.8 Å². The lowest BCUT2D eigenvalue weighted by atomic mass is 10.1. The second kappa shape index (κ2) is 8.77. The first-order chi connectivity index (χ1) is 14.3. The van der Waals surface area contributed by atoms with Crippen LogP contribution in [0.1, 0.15) is 41.6 Å². The molecular formula is C22H22FN3O4. The van der Waals surface area contributed by atoms with Crippen molar-refractivity contribution in [2.75, 3.05) is 11.9 Å². The van der Waals surface area contributed by atoms with E-state index in [0.717, 1.165) is 0 Å². The maximum absolute atomic E-state index is 13.5. The number of furan rings is 1. The molecule has 30 heavy (non-hydrogen) atoms. The number of nitrogens with one attached hydrogen (secondary N) is 3. The molecule has 3 rings (SSSR count). The minimum Gasteiger partial charge on any atom is -0.459 e. The maximum atomic E-state index is 13.5. The normalized spacial score (nSPS) is 11.7. The van der Waals surface area contributed by atoms with E-state index in [4.69, 9.17) is 4.42 Å². The Labute approximate surface area is 172 Å². The molecule has 0 saturated heterocycles. The first-order valence-corrected chi connectivity index (χ1v) is 9.48. The van der Waals surface area contributed by atoms with E-state index in [1.165, 1.54) is 30.3 Å². The van der Waals surface area contributed by atoms with Crippen molar-refractivity contribution < 1.29 is 23.2 Å². The Morgan fingerprint density at radius 2 is 1.77 bits per heavy atom. The molecule has 0 aliphatic rings. The fourth-order valence-electron chi connectivity index (χ4n) is 3.11. The fourth-order valence-corrected chi connectivity index (χ4v) is 3.11. The highest BCUT2D eigenvalue weighted by molar-refractivity contribution is 6.39. The molecule has 3 amide bonds. The van der Waals surface area contributed by atoms with E-state index in [0.29, 0.717) is 40.1 Å². The van der Waals surface area contributed by atoms with Gasteiger partial charge in [0.25, 0.3) is 5.91 Å². The largest absolute Gasteiger partial charge is 0.459 e. The average molecular weight is 411 g/mol. The summed E-state index contributed by atoms with van der Waals surface area (Å²) in [6, 6.07) is 9.77. The van der Waals surface area contributed by atoms with Gasteiger partial charge in [-0.15, -0.1) is 0 Å². The van der Waals surface area contributed by atoms with Crippen LogP contribution >= 0.6 is 0 Å². The molecule has 3 N–H and O–H groups in total. The number of hydrogen-bond donors (Lipinski definition) is 3. The van der Waals surface area contributed by atoms with Gasteiger partial charge in [0.15, 0.2) is 0 Å². The molecule has 8 heteroatoms. The second-order valence-electron chi connectivity index (χ2n) is 6.82. The first-order valence-electron chi connectivity index (χ1n) is 9.48. The Hall–Kier alpha value is -3.68. The van der Waals surface area contributed by atoms with Crippen LogP contribution in [0.15, 0.2) is 46.9 Å². The molecule has 7 nitrogen and oxygen atoms in total. The van der Waals surface area contributed by atoms with Gasteiger partial charge < -0.3 is 20.4 Å². The molecule has 1 heterocycles. The lowest BCUT2D eigenvalue weighted by molar-refractivity contribution is -0.136. The average Bonchev–Trinajstić information content (AvgIpc) is 3.04. The molecular weight excluding hydrogens is 389 g/mol. The molecule has 2 aromatic carbocycles. The second-order valence-corrected chi connectivity index (χ2v) is 6.82. The highest BCUT2D eigenvalue weighted by atomic mass is 19.1. The van der Waals surface area contributed by atoms with E-state index < -0.39 is 17.9 Å². The van der Waals surface area contributed by atoms with Crippen molar-refractivity contribution in [2.45, 2.75) is 26.8 Å². The summed E-state index contributed by atoms with van der Waals surface area (Å²) in [6.45, 7) is 5.76. The number of rotatable bonds is 5. The number of anilines is 1. The van der Waals surface area contributed by atoms with Crippen molar-refractivity contribution in [2.24, 2.45) is 0 Å². The van der Waals surface area contributed by atoms with Gasteiger partial charge in [-0.2, -0.15) is 0 Å². The molecule has 156 valence electrons. The van der Waals surface area contributed by atoms with Crippen LogP contribution in [0, 0.1) is 12.7 Å². The van der Waals surface area contributed by atoms with Crippen molar-refractivity contribution in [3.8, 4) is 0 Å². The molecule has 0 spiro atoms. The molecule has 0 fully saturated rings. The van der Waals surface area contributed by atoms with Crippen LogP contribution in [-0.2, 0) is 9.59 Å². The lowest BCUT2D eigenvalue weighted by Gasteiger charge is -2.12. The van der Waals surface area contributed by atoms with E-state index >= 15 is 0 Å². The number of aryl methyl sites for hydroxylation is 1. The number of hydrogen-bond acceptors (Lipinski definition) is 4. The van der Waals surface area contributed by atoms with Gasteiger partial charge in [-0.25, -0.2) is 4.39 Å². The Bertz CT molecular complexity index is 1110. The molecule has 0 radical (unpaired) electrons. The van der Waals surface area contributed by atoms with Crippen molar-refractivity contribution in [1.29, 1.82) is 0 Å². The highest BCUT2D eigenvalue weighted by Crippen LogP contribution is 2.29. The predicted octanol–water partition coefficient (Wildman–Crippen LogP) is 3.45. The Morgan fingerprint density at radius 3 is 2.43 bits per heavy atom. The van der Waals surface area contributed by atoms with Crippen LogP contribution < -0.4 is 16.0 Å². The molecule has 0 aliphatic heterocycles. The van der Waals surface area contributed by atoms with Crippen LogP contribution in [0.3, 0.4) is 0 Å². The fraction of sp³-hybridized carbons (Fsp3) is 0.227. The monoisotopic (exact) mass is 411 g/mol. The topological polar surface area (TPSA) is 100 Å². The third-order valence-corrected chi connectivity index (χ3v) is 4.62. The van der Waals surface area contributed by atoms with Crippen LogP contribution in [0.5, 0.6) is 0 Å². The van der Waals surface area contributed by atoms with Crippen LogP contribution in [0.25, 0.3) is 11.0 Å². The smallest absolute Gasteiger partial charge is 0.313 e. The summed E-state index contributed by atoms with van der Waals surface area (Å²) in [6.07, 6.45) is 0. The summed E-state index contributed by atoms with van der Waals surface area (Å²) in [7, 11) is 0. The summed E-state index contributed by atoms with van der Waals surface area (Å²) in [5.74, 6) is -1.85. The molecule has 0 saturated carbocycles. The molecule has 1 unspecified atom stereocenters. The number of carbonyl (C=O) groups is 3. The van der Waals surface area contributed by atoms with Crippen LogP contribution in [0.2, 0.25) is 0 Å². The summed E-state index contributed by atoms with van der Waals surface area (Å²) in [5, 5.41) is 8.35. The van der Waals surface area contributed by atoms with Crippen molar-refractivity contribution >= 4 is 34.4 Å². The maximum Gasteiger partial charge on any atom is 0.313 e. The minimum absolute atomic E-state index is 0.219. The van der Waals surface area contributed by atoms with Gasteiger partial charge in [0.1, 0.15) is 17.2 Å². The van der Waals surface area contributed by atoms with E-state index in [-0.39, 0.29) is 11.7 Å². The van der Waals surface area contributed by atoms with Gasteiger partial charge in [-0.3, -0.25) is 14.4 Å². The van der Waals surface area contributed by atoms with Crippen molar-refractivity contribution in [3.63, 3.8) is 0 Å². The standard InChI is InChI=1S/C22H22FN3O4/c1-4-24-20(27)14-5-8-16(9-6-14)26-22(29)21(28)25-13(3)19-12(2)17-11-15(23)7-10-18(17)30-19/h5-11,13H,4H2,1-3H3,(H,24,27)(H,25,28)(H,26,29). The minimum atomic E-state index is -0.854. The summed E-state index contributed by atoms with van der Waals surface area (Å²) in [4.78, 5) is 36.3. The third-order valence-electron chi connectivity index (χ3n) is 4.62. The van der Waals surface area contributed by atoms with Gasteiger partial charge in [0, 0.05) is 28.7 Å². The van der Waals surface area contributed by atoms with Gasteiger partial charge in [-0.05, 0) is 63.2 Å². The van der Waals surface area contributed by atoms with Gasteiger partial charge in [-0.1, -0.05) is 0 Å². The Morgan fingerprint density at radius 1 is 1.07 bits per heavy atom. The van der Waals surface area contributed by atoms with Crippen LogP contribution in [0.4, 0.5) is 10.1 Å². The number of carbonyl (C=O) groups excluding carboxylic acids is 3. The zero-order chi connectivity index (χ0) is 21.8. The summed E-state index contributed by atoms with van der Waals surface area (Å²) < 4.78 is 19.2. The summed E-state index contributed by atoms with van der Waals surface area (Å²) >= 11 is 0. The SMILES string of the molecule is CCNC(=O)c1ccc(NC(=O)C(=O)NC(C)c2oc3ccc(F)cc3c2C)cc1. The zero-order valence-corrected chi connectivity index (χ0v) is 16.8. The lowest BCUT2D eigenvalue weighted by Crippen LogP contribution is -2.37.